The molecular weight excluding hydrogens is 358 g/mol. The summed E-state index contributed by atoms with van der Waals surface area (Å²) in [6.07, 6.45) is 0.507. The zero-order valence-corrected chi connectivity index (χ0v) is 16.2. The summed E-state index contributed by atoms with van der Waals surface area (Å²) < 4.78 is 0. The van der Waals surface area contributed by atoms with Crippen molar-refractivity contribution < 1.29 is 9.90 Å². The van der Waals surface area contributed by atoms with Gasteiger partial charge in [-0.05, 0) is 24.3 Å². The number of piperazine rings is 1. The average Bonchev–Trinajstić information content (AvgIpc) is 2.71. The fourth-order valence-corrected chi connectivity index (χ4v) is 4.85. The lowest BCUT2D eigenvalue weighted by Gasteiger charge is -2.36. The Morgan fingerprint density at radius 1 is 0.889 bits per heavy atom. The average molecular weight is 384 g/mol. The second kappa shape index (κ2) is 8.33. The molecule has 2 aromatic carbocycles. The van der Waals surface area contributed by atoms with Crippen LogP contribution in [0.4, 0.5) is 11.4 Å². The number of para-hydroxylation sites is 2. The highest BCUT2D eigenvalue weighted by atomic mass is 32.2. The Hall–Kier alpha value is -2.02. The third-order valence-electron chi connectivity index (χ3n) is 5.22. The quantitative estimate of drug-likeness (QED) is 0.860. The van der Waals surface area contributed by atoms with E-state index in [4.69, 9.17) is 5.11 Å². The van der Waals surface area contributed by atoms with E-state index in [9.17, 15) is 4.79 Å². The summed E-state index contributed by atoms with van der Waals surface area (Å²) in [6, 6.07) is 16.8. The number of hydrogen-bond donors (Lipinski definition) is 1. The van der Waals surface area contributed by atoms with E-state index in [0.717, 1.165) is 26.2 Å². The van der Waals surface area contributed by atoms with E-state index >= 15 is 0 Å². The topological polar surface area (TPSA) is 47.0 Å². The van der Waals surface area contributed by atoms with E-state index in [1.807, 2.05) is 4.90 Å². The van der Waals surface area contributed by atoms with Gasteiger partial charge in [0.1, 0.15) is 0 Å². The molecule has 2 aliphatic rings. The lowest BCUT2D eigenvalue weighted by Crippen LogP contribution is -2.49. The molecule has 1 saturated heterocycles. The fourth-order valence-electron chi connectivity index (χ4n) is 3.75. The van der Waals surface area contributed by atoms with Crippen molar-refractivity contribution in [3.63, 3.8) is 0 Å². The number of carbonyl (C=O) groups excluding carboxylic acids is 1. The van der Waals surface area contributed by atoms with Crippen molar-refractivity contribution in [2.75, 3.05) is 50.8 Å². The maximum absolute atomic E-state index is 12.8. The first kappa shape index (κ1) is 18.3. The standard InChI is InChI=1S/C21H25N3O2S/c25-16-15-22-11-13-23(14-12-22)21(26)9-10-24-17-5-1-3-7-19(17)27-20-8-4-2-6-18(20)24/h1-8,25H,9-16H2. The highest BCUT2D eigenvalue weighted by Gasteiger charge is 2.25. The van der Waals surface area contributed by atoms with Gasteiger partial charge in [0.25, 0.3) is 0 Å². The van der Waals surface area contributed by atoms with Crippen molar-refractivity contribution >= 4 is 29.0 Å². The lowest BCUT2D eigenvalue weighted by molar-refractivity contribution is -0.132. The third-order valence-corrected chi connectivity index (χ3v) is 6.35. The molecule has 1 amide bonds. The predicted octanol–water partition coefficient (Wildman–Crippen LogP) is 2.82. The molecule has 142 valence electrons. The molecule has 0 saturated carbocycles. The molecule has 6 heteroatoms. The van der Waals surface area contributed by atoms with E-state index < -0.39 is 0 Å². The molecule has 0 radical (unpaired) electrons. The summed E-state index contributed by atoms with van der Waals surface area (Å²) in [5, 5.41) is 9.05. The minimum atomic E-state index is 0.180. The van der Waals surface area contributed by atoms with Crippen LogP contribution in [0.3, 0.4) is 0 Å². The van der Waals surface area contributed by atoms with Crippen LogP contribution in [0.2, 0.25) is 0 Å². The van der Waals surface area contributed by atoms with Gasteiger partial charge in [-0.15, -0.1) is 0 Å². The first-order chi connectivity index (χ1) is 13.3. The molecule has 4 rings (SSSR count). The molecule has 0 bridgehead atoms. The molecule has 0 unspecified atom stereocenters. The van der Waals surface area contributed by atoms with Crippen LogP contribution in [0.25, 0.3) is 0 Å². The first-order valence-corrected chi connectivity index (χ1v) is 10.3. The van der Waals surface area contributed by atoms with Crippen molar-refractivity contribution in [2.24, 2.45) is 0 Å². The smallest absolute Gasteiger partial charge is 0.224 e. The Morgan fingerprint density at radius 3 is 2.07 bits per heavy atom. The van der Waals surface area contributed by atoms with Gasteiger partial charge >= 0.3 is 0 Å². The number of hydrogen-bond acceptors (Lipinski definition) is 5. The second-order valence-corrected chi connectivity index (χ2v) is 7.97. The van der Waals surface area contributed by atoms with Gasteiger partial charge in [-0.1, -0.05) is 36.0 Å². The molecule has 1 N–H and O–H groups in total. The van der Waals surface area contributed by atoms with E-state index in [0.29, 0.717) is 19.5 Å². The SMILES string of the molecule is O=C(CCN1c2ccccc2Sc2ccccc21)N1CCN(CCO)CC1. The number of carbonyl (C=O) groups is 1. The van der Waals surface area contributed by atoms with Crippen LogP contribution in [0.15, 0.2) is 58.3 Å². The molecule has 0 atom stereocenters. The number of nitrogens with zero attached hydrogens (tertiary/aromatic N) is 3. The Bertz CT molecular complexity index is 760. The molecule has 27 heavy (non-hydrogen) atoms. The molecule has 2 heterocycles. The summed E-state index contributed by atoms with van der Waals surface area (Å²) >= 11 is 1.79. The Kier molecular flexibility index (Phi) is 5.66. The Morgan fingerprint density at radius 2 is 1.48 bits per heavy atom. The predicted molar refractivity (Wildman–Crippen MR) is 109 cm³/mol. The zero-order valence-electron chi connectivity index (χ0n) is 15.4. The largest absolute Gasteiger partial charge is 0.395 e. The first-order valence-electron chi connectivity index (χ1n) is 9.51. The summed E-state index contributed by atoms with van der Waals surface area (Å²) in [5.74, 6) is 0.215. The van der Waals surface area contributed by atoms with E-state index in [2.05, 4.69) is 58.3 Å². The zero-order chi connectivity index (χ0) is 18.6. The minimum absolute atomic E-state index is 0.180. The van der Waals surface area contributed by atoms with Crippen LogP contribution in [0, 0.1) is 0 Å². The molecule has 0 aliphatic carbocycles. The summed E-state index contributed by atoms with van der Waals surface area (Å²) in [7, 11) is 0. The number of β-amino-alcohol motifs (C(OH)–C–C–N with tert-alkyl or cyclic N) is 1. The van der Waals surface area contributed by atoms with E-state index in [1.54, 1.807) is 11.8 Å². The summed E-state index contributed by atoms with van der Waals surface area (Å²) in [4.78, 5) is 21.7. The lowest BCUT2D eigenvalue weighted by atomic mass is 10.2. The third kappa shape index (κ3) is 3.98. The van der Waals surface area contributed by atoms with E-state index in [-0.39, 0.29) is 12.5 Å². The van der Waals surface area contributed by atoms with Gasteiger partial charge in [0.15, 0.2) is 0 Å². The van der Waals surface area contributed by atoms with Crippen LogP contribution in [-0.2, 0) is 4.79 Å². The van der Waals surface area contributed by atoms with Crippen LogP contribution in [0.1, 0.15) is 6.42 Å². The van der Waals surface area contributed by atoms with Crippen molar-refractivity contribution in [1.29, 1.82) is 0 Å². The van der Waals surface area contributed by atoms with Crippen LogP contribution < -0.4 is 4.90 Å². The number of amides is 1. The highest BCUT2D eigenvalue weighted by molar-refractivity contribution is 7.99. The number of rotatable bonds is 5. The number of aliphatic hydroxyl groups is 1. The molecule has 2 aromatic rings. The van der Waals surface area contributed by atoms with Crippen molar-refractivity contribution in [3.8, 4) is 0 Å². The van der Waals surface area contributed by atoms with Gasteiger partial charge in [0, 0.05) is 55.5 Å². The van der Waals surface area contributed by atoms with Crippen LogP contribution >= 0.6 is 11.8 Å². The molecule has 1 fully saturated rings. The number of fused-ring (bicyclic) bond motifs is 2. The maximum atomic E-state index is 12.8. The van der Waals surface area contributed by atoms with Gasteiger partial charge in [0.2, 0.25) is 5.91 Å². The number of benzene rings is 2. The Balaban J connectivity index is 1.43. The summed E-state index contributed by atoms with van der Waals surface area (Å²) in [5.41, 5.74) is 2.36. The molecule has 2 aliphatic heterocycles. The van der Waals surface area contributed by atoms with Gasteiger partial charge in [0.05, 0.1) is 18.0 Å². The van der Waals surface area contributed by atoms with Crippen molar-refractivity contribution in [2.45, 2.75) is 16.2 Å². The maximum Gasteiger partial charge on any atom is 0.224 e. The Labute approximate surface area is 164 Å². The normalized spacial score (nSPS) is 16.8. The van der Waals surface area contributed by atoms with Crippen molar-refractivity contribution in [3.05, 3.63) is 48.5 Å². The van der Waals surface area contributed by atoms with Crippen LogP contribution in [-0.4, -0.2) is 66.7 Å². The highest BCUT2D eigenvalue weighted by Crippen LogP contribution is 2.47. The van der Waals surface area contributed by atoms with Crippen molar-refractivity contribution in [1.82, 2.24) is 9.80 Å². The van der Waals surface area contributed by atoms with Gasteiger partial charge in [-0.25, -0.2) is 0 Å². The molecule has 0 spiro atoms. The van der Waals surface area contributed by atoms with Gasteiger partial charge in [-0.3, -0.25) is 9.69 Å². The fraction of sp³-hybridized carbons (Fsp3) is 0.381. The van der Waals surface area contributed by atoms with E-state index in [1.165, 1.54) is 21.2 Å². The van der Waals surface area contributed by atoms with Crippen LogP contribution in [0.5, 0.6) is 0 Å². The molecule has 0 aromatic heterocycles. The second-order valence-electron chi connectivity index (χ2n) is 6.89. The minimum Gasteiger partial charge on any atom is -0.395 e. The number of anilines is 2. The summed E-state index contributed by atoms with van der Waals surface area (Å²) in [6.45, 7) is 4.76. The van der Waals surface area contributed by atoms with Gasteiger partial charge in [-0.2, -0.15) is 0 Å². The molecular formula is C21H25N3O2S. The number of aliphatic hydroxyl groups excluding tert-OH is 1. The molecule has 5 nitrogen and oxygen atoms in total. The van der Waals surface area contributed by atoms with Gasteiger partial charge < -0.3 is 14.9 Å². The monoisotopic (exact) mass is 383 g/mol.